The molecule has 2 aromatic carbocycles. The Morgan fingerprint density at radius 3 is 2.51 bits per heavy atom. The van der Waals surface area contributed by atoms with Crippen LogP contribution in [0.15, 0.2) is 54.9 Å². The van der Waals surface area contributed by atoms with Gasteiger partial charge in [0.05, 0.1) is 21.3 Å². The molecule has 0 amide bonds. The van der Waals surface area contributed by atoms with E-state index in [1.165, 1.54) is 5.56 Å². The molecule has 11 nitrogen and oxygen atoms in total. The average Bonchev–Trinajstić information content (AvgIpc) is 3.57. The van der Waals surface area contributed by atoms with Crippen LogP contribution >= 0.6 is 0 Å². The van der Waals surface area contributed by atoms with Gasteiger partial charge in [-0.1, -0.05) is 17.3 Å². The highest BCUT2D eigenvalue weighted by Crippen LogP contribution is 2.40. The summed E-state index contributed by atoms with van der Waals surface area (Å²) < 4.78 is 18.3. The van der Waals surface area contributed by atoms with E-state index in [2.05, 4.69) is 43.1 Å². The van der Waals surface area contributed by atoms with Crippen molar-refractivity contribution in [2.75, 3.05) is 26.6 Å². The smallest absolute Gasteiger partial charge is 0.229 e. The van der Waals surface area contributed by atoms with Gasteiger partial charge in [0.25, 0.3) is 0 Å². The fourth-order valence-corrected chi connectivity index (χ4v) is 3.88. The van der Waals surface area contributed by atoms with Crippen molar-refractivity contribution in [3.8, 4) is 22.9 Å². The van der Waals surface area contributed by atoms with E-state index in [0.29, 0.717) is 41.1 Å². The number of aromatic nitrogens is 7. The van der Waals surface area contributed by atoms with E-state index in [9.17, 15) is 0 Å². The first-order chi connectivity index (χ1) is 17.2. The average molecular weight is 473 g/mol. The third-order valence-electron chi connectivity index (χ3n) is 5.56. The molecule has 35 heavy (non-hydrogen) atoms. The molecule has 0 fully saturated rings. The van der Waals surface area contributed by atoms with Crippen molar-refractivity contribution in [2.45, 2.75) is 12.8 Å². The number of rotatable bonds is 9. The van der Waals surface area contributed by atoms with Gasteiger partial charge in [-0.2, -0.15) is 10.2 Å². The number of anilines is 2. The number of aromatic amines is 1. The summed E-state index contributed by atoms with van der Waals surface area (Å²) in [6, 6.07) is 13.9. The van der Waals surface area contributed by atoms with E-state index in [1.807, 2.05) is 29.0 Å². The van der Waals surface area contributed by atoms with Gasteiger partial charge in [0.1, 0.15) is 5.65 Å². The number of methoxy groups -OCH3 is 3. The van der Waals surface area contributed by atoms with Crippen LogP contribution in [-0.2, 0) is 12.8 Å². The molecule has 3 aromatic heterocycles. The van der Waals surface area contributed by atoms with Crippen molar-refractivity contribution < 1.29 is 14.2 Å². The zero-order valence-corrected chi connectivity index (χ0v) is 19.5. The van der Waals surface area contributed by atoms with Crippen molar-refractivity contribution >= 4 is 22.7 Å². The summed E-state index contributed by atoms with van der Waals surface area (Å²) in [6.07, 6.45) is 5.28. The molecule has 0 aliphatic rings. The van der Waals surface area contributed by atoms with E-state index in [-0.39, 0.29) is 0 Å². The number of fused-ring (bicyclic) bond motifs is 1. The second-order valence-electron chi connectivity index (χ2n) is 7.70. The van der Waals surface area contributed by atoms with Crippen LogP contribution in [0.2, 0.25) is 0 Å². The van der Waals surface area contributed by atoms with E-state index in [1.54, 1.807) is 39.7 Å². The molecule has 0 unspecified atom stereocenters. The number of H-pyrrole nitrogens is 1. The summed E-state index contributed by atoms with van der Waals surface area (Å²) in [7, 11) is 4.72. The molecule has 0 bridgehead atoms. The zero-order valence-electron chi connectivity index (χ0n) is 19.5. The van der Waals surface area contributed by atoms with Crippen molar-refractivity contribution in [2.24, 2.45) is 0 Å². The Hall–Kier alpha value is -4.67. The Bertz CT molecular complexity index is 1420. The number of nitrogens with one attached hydrogen (secondary N) is 2. The molecule has 0 aliphatic carbocycles. The molecule has 0 radical (unpaired) electrons. The maximum Gasteiger partial charge on any atom is 0.229 e. The van der Waals surface area contributed by atoms with Crippen molar-refractivity contribution in [3.63, 3.8) is 0 Å². The highest BCUT2D eigenvalue weighted by Gasteiger charge is 2.14. The SMILES string of the molecule is COc1cc(Nc2ncc3ccn(-c4cccc(CCc5nn[nH]n5)c4)c3n2)cc(OC)c1OC. The minimum absolute atomic E-state index is 0.444. The maximum atomic E-state index is 5.44. The number of tetrazole rings is 1. The largest absolute Gasteiger partial charge is 0.493 e. The number of aryl methyl sites for hydroxylation is 2. The summed E-state index contributed by atoms with van der Waals surface area (Å²) in [5.74, 6) is 2.73. The lowest BCUT2D eigenvalue weighted by Crippen LogP contribution is -2.02. The van der Waals surface area contributed by atoms with Gasteiger partial charge < -0.3 is 24.1 Å². The van der Waals surface area contributed by atoms with Gasteiger partial charge in [0.2, 0.25) is 11.7 Å². The molecule has 0 atom stereocenters. The third kappa shape index (κ3) is 4.56. The van der Waals surface area contributed by atoms with Crippen LogP contribution in [0.5, 0.6) is 17.2 Å². The van der Waals surface area contributed by atoms with Crippen molar-refractivity contribution in [3.05, 3.63) is 66.2 Å². The highest BCUT2D eigenvalue weighted by molar-refractivity contribution is 5.79. The van der Waals surface area contributed by atoms with Crippen LogP contribution in [-0.4, -0.2) is 56.5 Å². The van der Waals surface area contributed by atoms with Crippen molar-refractivity contribution in [1.82, 2.24) is 35.2 Å². The summed E-state index contributed by atoms with van der Waals surface area (Å²) in [5.41, 5.74) is 3.66. The monoisotopic (exact) mass is 472 g/mol. The Balaban J connectivity index is 1.43. The molecule has 5 rings (SSSR count). The molecular weight excluding hydrogens is 448 g/mol. The molecule has 3 heterocycles. The predicted molar refractivity (Wildman–Crippen MR) is 130 cm³/mol. The van der Waals surface area contributed by atoms with Crippen LogP contribution in [0, 0.1) is 0 Å². The molecule has 2 N–H and O–H groups in total. The fourth-order valence-electron chi connectivity index (χ4n) is 3.88. The summed E-state index contributed by atoms with van der Waals surface area (Å²) in [6.45, 7) is 0. The second-order valence-corrected chi connectivity index (χ2v) is 7.70. The molecule has 11 heteroatoms. The van der Waals surface area contributed by atoms with Gasteiger partial charge in [-0.25, -0.2) is 4.98 Å². The Morgan fingerprint density at radius 2 is 1.80 bits per heavy atom. The standard InChI is InChI=1S/C24H24N8O3/c1-33-19-12-17(13-20(34-2)22(19)35-3)26-24-25-14-16-9-10-32(23(16)27-24)18-6-4-5-15(11-18)7-8-21-28-30-31-29-21/h4-6,9-14H,7-8H2,1-3H3,(H,25,26,27)(H,28,29,30,31). The lowest BCUT2D eigenvalue weighted by atomic mass is 10.1. The Labute approximate surface area is 201 Å². The first-order valence-electron chi connectivity index (χ1n) is 10.9. The van der Waals surface area contributed by atoms with Crippen LogP contribution < -0.4 is 19.5 Å². The van der Waals surface area contributed by atoms with Gasteiger partial charge >= 0.3 is 0 Å². The second kappa shape index (κ2) is 9.67. The number of hydrogen-bond donors (Lipinski definition) is 2. The zero-order chi connectivity index (χ0) is 24.2. The van der Waals surface area contributed by atoms with E-state index in [4.69, 9.17) is 19.2 Å². The highest BCUT2D eigenvalue weighted by atomic mass is 16.5. The summed E-state index contributed by atoms with van der Waals surface area (Å²) >= 11 is 0. The summed E-state index contributed by atoms with van der Waals surface area (Å²) in [5, 5.41) is 18.3. The molecule has 178 valence electrons. The van der Waals surface area contributed by atoms with Crippen molar-refractivity contribution in [1.29, 1.82) is 0 Å². The Morgan fingerprint density at radius 1 is 0.971 bits per heavy atom. The number of benzene rings is 2. The van der Waals surface area contributed by atoms with Crippen LogP contribution in [0.25, 0.3) is 16.7 Å². The molecule has 0 spiro atoms. The molecule has 0 saturated carbocycles. The first-order valence-corrected chi connectivity index (χ1v) is 10.9. The topological polar surface area (TPSA) is 125 Å². The number of hydrogen-bond acceptors (Lipinski definition) is 9. The van der Waals surface area contributed by atoms with E-state index in [0.717, 1.165) is 23.1 Å². The third-order valence-corrected chi connectivity index (χ3v) is 5.56. The van der Waals surface area contributed by atoms with Gasteiger partial charge in [-0.05, 0) is 30.2 Å². The van der Waals surface area contributed by atoms with E-state index < -0.39 is 0 Å². The number of nitrogens with zero attached hydrogens (tertiary/aromatic N) is 6. The van der Waals surface area contributed by atoms with Crippen LogP contribution in [0.3, 0.4) is 0 Å². The van der Waals surface area contributed by atoms with Crippen LogP contribution in [0.4, 0.5) is 11.6 Å². The van der Waals surface area contributed by atoms with Gasteiger partial charge in [-0.3, -0.25) is 0 Å². The van der Waals surface area contributed by atoms with Crippen LogP contribution in [0.1, 0.15) is 11.4 Å². The summed E-state index contributed by atoms with van der Waals surface area (Å²) in [4.78, 5) is 9.24. The predicted octanol–water partition coefficient (Wildman–Crippen LogP) is 3.49. The minimum Gasteiger partial charge on any atom is -0.493 e. The first kappa shape index (κ1) is 22.1. The van der Waals surface area contributed by atoms with Gasteiger partial charge in [0, 0.05) is 47.7 Å². The number of ether oxygens (including phenoxy) is 3. The quantitative estimate of drug-likeness (QED) is 0.332. The Kier molecular flexibility index (Phi) is 6.12. The molecule has 5 aromatic rings. The minimum atomic E-state index is 0.444. The molecule has 0 aliphatic heterocycles. The van der Waals surface area contributed by atoms with E-state index >= 15 is 0 Å². The van der Waals surface area contributed by atoms with Gasteiger partial charge in [-0.15, -0.1) is 10.2 Å². The lowest BCUT2D eigenvalue weighted by Gasteiger charge is -2.14. The normalized spacial score (nSPS) is 10.9. The maximum absolute atomic E-state index is 5.44. The molecule has 0 saturated heterocycles. The molecular formula is C24H24N8O3. The lowest BCUT2D eigenvalue weighted by molar-refractivity contribution is 0.324. The van der Waals surface area contributed by atoms with Gasteiger partial charge in [0.15, 0.2) is 17.3 Å². The fraction of sp³-hybridized carbons (Fsp3) is 0.208.